The van der Waals surface area contributed by atoms with Crippen LogP contribution in [0.1, 0.15) is 19.8 Å². The summed E-state index contributed by atoms with van der Waals surface area (Å²) in [6.07, 6.45) is 0.928. The Bertz CT molecular complexity index is 436. The van der Waals surface area contributed by atoms with Crippen molar-refractivity contribution in [3.63, 3.8) is 0 Å². The fourth-order valence-electron chi connectivity index (χ4n) is 2.90. The van der Waals surface area contributed by atoms with Crippen molar-refractivity contribution in [2.24, 2.45) is 17.6 Å². The van der Waals surface area contributed by atoms with E-state index in [2.05, 4.69) is 5.32 Å². The van der Waals surface area contributed by atoms with Crippen LogP contribution in [-0.2, 0) is 14.3 Å². The van der Waals surface area contributed by atoms with Crippen LogP contribution >= 0.6 is 0 Å². The average molecular weight is 270 g/mol. The highest BCUT2D eigenvalue weighted by molar-refractivity contribution is 5.87. The molecule has 3 unspecified atom stereocenters. The number of aliphatic carboxylic acids is 1. The third-order valence-electron chi connectivity index (χ3n) is 4.11. The Morgan fingerprint density at radius 2 is 2.26 bits per heavy atom. The number of fused-ring (bicyclic) bond motifs is 1. The first kappa shape index (κ1) is 13.7. The minimum absolute atomic E-state index is 0.00444. The van der Waals surface area contributed by atoms with Gasteiger partial charge in [0.1, 0.15) is 5.54 Å². The van der Waals surface area contributed by atoms with E-state index in [0.717, 1.165) is 12.7 Å². The fourth-order valence-corrected chi connectivity index (χ4v) is 2.90. The first-order valence-electron chi connectivity index (χ1n) is 6.17. The van der Waals surface area contributed by atoms with E-state index in [0.29, 0.717) is 6.42 Å². The summed E-state index contributed by atoms with van der Waals surface area (Å²) in [6.45, 7) is 1.91. The van der Waals surface area contributed by atoms with Gasteiger partial charge in [0, 0.05) is 13.0 Å². The number of carboxylic acid groups (broad SMARTS) is 1. The maximum atomic E-state index is 11.3. The molecule has 7 nitrogen and oxygen atoms in total. The molecule has 4 N–H and O–H groups in total. The molecule has 19 heavy (non-hydrogen) atoms. The van der Waals surface area contributed by atoms with Crippen molar-refractivity contribution in [2.75, 3.05) is 7.05 Å². The van der Waals surface area contributed by atoms with E-state index in [1.807, 2.05) is 6.92 Å². The molecule has 0 aromatic carbocycles. The van der Waals surface area contributed by atoms with Gasteiger partial charge in [0.15, 0.2) is 0 Å². The molecule has 0 saturated heterocycles. The average Bonchev–Trinajstić information content (AvgIpc) is 2.67. The molecule has 2 rings (SSSR count). The Hall–Kier alpha value is -1.76. The van der Waals surface area contributed by atoms with E-state index in [1.54, 1.807) is 0 Å². The summed E-state index contributed by atoms with van der Waals surface area (Å²) in [7, 11) is 1.43. The molecule has 1 fully saturated rings. The summed E-state index contributed by atoms with van der Waals surface area (Å²) < 4.78 is 10.4. The minimum Gasteiger partial charge on any atom is -0.478 e. The molecule has 1 aliphatic heterocycles. The molecule has 0 aromatic rings. The van der Waals surface area contributed by atoms with E-state index in [1.165, 1.54) is 7.05 Å². The van der Waals surface area contributed by atoms with Crippen molar-refractivity contribution in [3.8, 4) is 0 Å². The second kappa shape index (κ2) is 4.73. The number of rotatable bonds is 2. The van der Waals surface area contributed by atoms with Crippen LogP contribution in [0.3, 0.4) is 0 Å². The number of carbonyl (C=O) groups is 2. The summed E-state index contributed by atoms with van der Waals surface area (Å²) in [4.78, 5) is 22.5. The highest BCUT2D eigenvalue weighted by Crippen LogP contribution is 2.48. The molecule has 2 aliphatic rings. The number of hydrogen-bond donors (Lipinski definition) is 3. The van der Waals surface area contributed by atoms with Gasteiger partial charge >= 0.3 is 12.1 Å². The van der Waals surface area contributed by atoms with Crippen molar-refractivity contribution in [1.82, 2.24) is 5.32 Å². The van der Waals surface area contributed by atoms with E-state index in [4.69, 9.17) is 15.2 Å². The number of carbonyl (C=O) groups excluding carboxylic acids is 1. The smallest absolute Gasteiger partial charge is 0.410 e. The third-order valence-corrected chi connectivity index (χ3v) is 4.11. The van der Waals surface area contributed by atoms with Gasteiger partial charge in [-0.3, -0.25) is 0 Å². The second-order valence-corrected chi connectivity index (χ2v) is 5.03. The van der Waals surface area contributed by atoms with Crippen LogP contribution in [0, 0.1) is 11.8 Å². The number of nitrogens with two attached hydrogens (primary N) is 1. The molecular formula is C12H18N2O5. The number of ether oxygens (including phenoxy) is 2. The second-order valence-electron chi connectivity index (χ2n) is 5.03. The number of alkyl carbamates (subject to hydrolysis) is 1. The summed E-state index contributed by atoms with van der Waals surface area (Å²) in [6, 6.07) is 0. The van der Waals surface area contributed by atoms with Crippen LogP contribution in [0.15, 0.2) is 11.8 Å². The van der Waals surface area contributed by atoms with Crippen LogP contribution in [-0.4, -0.2) is 36.0 Å². The van der Waals surface area contributed by atoms with Crippen LogP contribution in [0.4, 0.5) is 4.79 Å². The van der Waals surface area contributed by atoms with Gasteiger partial charge in [-0.1, -0.05) is 6.92 Å². The molecular weight excluding hydrogens is 252 g/mol. The Kier molecular flexibility index (Phi) is 3.40. The monoisotopic (exact) mass is 270 g/mol. The summed E-state index contributed by atoms with van der Waals surface area (Å²) in [5.41, 5.74) is 5.49. The topological polar surface area (TPSA) is 111 Å². The van der Waals surface area contributed by atoms with Gasteiger partial charge in [-0.25, -0.2) is 9.59 Å². The zero-order chi connectivity index (χ0) is 14.2. The maximum Gasteiger partial charge on any atom is 0.410 e. The van der Waals surface area contributed by atoms with Gasteiger partial charge < -0.3 is 25.6 Å². The highest BCUT2D eigenvalue weighted by Gasteiger charge is 2.58. The van der Waals surface area contributed by atoms with Crippen LogP contribution in [0.2, 0.25) is 0 Å². The van der Waals surface area contributed by atoms with E-state index in [9.17, 15) is 14.7 Å². The summed E-state index contributed by atoms with van der Waals surface area (Å²) >= 11 is 0. The molecule has 1 saturated carbocycles. The van der Waals surface area contributed by atoms with E-state index < -0.39 is 23.9 Å². The molecule has 7 heteroatoms. The molecule has 1 amide bonds. The molecule has 1 heterocycles. The van der Waals surface area contributed by atoms with Gasteiger partial charge in [-0.2, -0.15) is 0 Å². The lowest BCUT2D eigenvalue weighted by atomic mass is 9.76. The molecule has 0 spiro atoms. The van der Waals surface area contributed by atoms with Crippen molar-refractivity contribution in [1.29, 1.82) is 0 Å². The van der Waals surface area contributed by atoms with Gasteiger partial charge in [0.25, 0.3) is 6.29 Å². The molecule has 4 atom stereocenters. The Balaban J connectivity index is 2.32. The van der Waals surface area contributed by atoms with Gasteiger partial charge in [-0.05, 0) is 18.8 Å². The van der Waals surface area contributed by atoms with Crippen molar-refractivity contribution >= 4 is 12.1 Å². The normalized spacial score (nSPS) is 36.8. The van der Waals surface area contributed by atoms with Crippen LogP contribution in [0.25, 0.3) is 0 Å². The van der Waals surface area contributed by atoms with E-state index in [-0.39, 0.29) is 17.4 Å². The SMILES string of the molecule is CNC(=O)OC1OC=C(C(=O)O)C2CC[C@@H](C)C12N. The minimum atomic E-state index is -1.05. The molecule has 0 bridgehead atoms. The predicted molar refractivity (Wildman–Crippen MR) is 64.9 cm³/mol. The van der Waals surface area contributed by atoms with Crippen LogP contribution < -0.4 is 11.1 Å². The first-order chi connectivity index (χ1) is 8.91. The van der Waals surface area contributed by atoms with Gasteiger partial charge in [0.2, 0.25) is 0 Å². The Labute approximate surface area is 110 Å². The van der Waals surface area contributed by atoms with Crippen LogP contribution in [0.5, 0.6) is 0 Å². The molecule has 106 valence electrons. The zero-order valence-electron chi connectivity index (χ0n) is 10.9. The van der Waals surface area contributed by atoms with Gasteiger partial charge in [-0.15, -0.1) is 0 Å². The molecule has 1 aliphatic carbocycles. The summed E-state index contributed by atoms with van der Waals surface area (Å²) in [5.74, 6) is -1.43. The largest absolute Gasteiger partial charge is 0.478 e. The highest BCUT2D eigenvalue weighted by atomic mass is 16.7. The van der Waals surface area contributed by atoms with E-state index >= 15 is 0 Å². The first-order valence-corrected chi connectivity index (χ1v) is 6.17. The molecule has 0 radical (unpaired) electrons. The van der Waals surface area contributed by atoms with Crippen molar-refractivity contribution < 1.29 is 24.2 Å². The Morgan fingerprint density at radius 3 is 2.84 bits per heavy atom. The number of carboxylic acids is 1. The lowest BCUT2D eigenvalue weighted by molar-refractivity contribution is -0.148. The maximum absolute atomic E-state index is 11.3. The predicted octanol–water partition coefficient (Wildman–Crippen LogP) is 0.411. The fraction of sp³-hybridized carbons (Fsp3) is 0.667. The number of nitrogens with one attached hydrogen (secondary N) is 1. The molecule has 0 aromatic heterocycles. The van der Waals surface area contributed by atoms with Crippen molar-refractivity contribution in [2.45, 2.75) is 31.6 Å². The number of hydrogen-bond acceptors (Lipinski definition) is 5. The third kappa shape index (κ3) is 2.03. The van der Waals surface area contributed by atoms with Gasteiger partial charge in [0.05, 0.1) is 11.8 Å². The Morgan fingerprint density at radius 1 is 1.58 bits per heavy atom. The standard InChI is InChI=1S/C12H18N2O5/c1-6-3-4-8-7(9(15)16)5-18-10(12(6,8)13)19-11(17)14-2/h5-6,8,10H,3-4,13H2,1-2H3,(H,14,17)(H,15,16)/t6-,8?,10?,12?/m1/s1. The van der Waals surface area contributed by atoms with Crippen molar-refractivity contribution in [3.05, 3.63) is 11.8 Å². The summed E-state index contributed by atoms with van der Waals surface area (Å²) in [5, 5.41) is 11.5. The quantitative estimate of drug-likeness (QED) is 0.670. The lowest BCUT2D eigenvalue weighted by Crippen LogP contribution is -2.62. The lowest BCUT2D eigenvalue weighted by Gasteiger charge is -2.42. The zero-order valence-corrected chi connectivity index (χ0v) is 10.9. The number of amides is 1.